The largest absolute Gasteiger partial charge is 0.497 e. The van der Waals surface area contributed by atoms with Crippen molar-refractivity contribution in [1.82, 2.24) is 20.1 Å². The van der Waals surface area contributed by atoms with Crippen LogP contribution in [0.15, 0.2) is 60.8 Å². The Bertz CT molecular complexity index is 1150. The maximum atomic E-state index is 13.1. The van der Waals surface area contributed by atoms with Gasteiger partial charge in [-0.05, 0) is 41.5 Å². The molecule has 2 fully saturated rings. The quantitative estimate of drug-likeness (QED) is 0.670. The number of ether oxygens (including phenoxy) is 1. The molecule has 0 spiro atoms. The summed E-state index contributed by atoms with van der Waals surface area (Å²) in [6.45, 7) is 2.59. The molecule has 2 aromatic carbocycles. The van der Waals surface area contributed by atoms with E-state index in [1.165, 1.54) is 5.56 Å². The lowest BCUT2D eigenvalue weighted by molar-refractivity contribution is -0.153. The molecular formula is C25H26N4O3. The van der Waals surface area contributed by atoms with Gasteiger partial charge >= 0.3 is 0 Å². The van der Waals surface area contributed by atoms with Crippen LogP contribution in [0.25, 0.3) is 10.9 Å². The average Bonchev–Trinajstić information content (AvgIpc) is 2.83. The Balaban J connectivity index is 1.24. The lowest BCUT2D eigenvalue weighted by Crippen LogP contribution is -2.69. The molecule has 2 atom stereocenters. The van der Waals surface area contributed by atoms with Gasteiger partial charge in [0.1, 0.15) is 17.8 Å². The van der Waals surface area contributed by atoms with Crippen molar-refractivity contribution in [3.8, 4) is 5.75 Å². The van der Waals surface area contributed by atoms with Crippen molar-refractivity contribution in [2.75, 3.05) is 26.7 Å². The zero-order valence-electron chi connectivity index (χ0n) is 18.0. The van der Waals surface area contributed by atoms with Gasteiger partial charge in [0.05, 0.1) is 12.6 Å². The number of pyridine rings is 1. The topological polar surface area (TPSA) is 74.8 Å². The molecule has 2 aliphatic heterocycles. The minimum atomic E-state index is -0.522. The van der Waals surface area contributed by atoms with Crippen LogP contribution >= 0.6 is 0 Å². The number of benzene rings is 2. The van der Waals surface area contributed by atoms with Crippen LogP contribution in [-0.4, -0.2) is 65.4 Å². The van der Waals surface area contributed by atoms with Crippen molar-refractivity contribution in [1.29, 1.82) is 0 Å². The molecule has 2 amide bonds. The van der Waals surface area contributed by atoms with E-state index in [1.807, 2.05) is 36.4 Å². The highest BCUT2D eigenvalue weighted by Crippen LogP contribution is 2.22. The van der Waals surface area contributed by atoms with Crippen molar-refractivity contribution >= 4 is 22.7 Å². The van der Waals surface area contributed by atoms with Gasteiger partial charge in [0.15, 0.2) is 0 Å². The highest BCUT2D eigenvalue weighted by Gasteiger charge is 2.43. The second kappa shape index (κ2) is 8.59. The van der Waals surface area contributed by atoms with E-state index in [9.17, 15) is 9.59 Å². The Morgan fingerprint density at radius 1 is 1.06 bits per heavy atom. The first-order chi connectivity index (χ1) is 15.6. The number of carbonyl (C=O) groups excluding carboxylic acids is 2. The molecule has 0 bridgehead atoms. The zero-order valence-corrected chi connectivity index (χ0v) is 18.0. The third kappa shape index (κ3) is 4.03. The summed E-state index contributed by atoms with van der Waals surface area (Å²) in [5, 5.41) is 4.06. The van der Waals surface area contributed by atoms with Crippen molar-refractivity contribution in [3.63, 3.8) is 0 Å². The van der Waals surface area contributed by atoms with E-state index in [4.69, 9.17) is 4.74 Å². The molecule has 1 N–H and O–H groups in total. The second-order valence-corrected chi connectivity index (χ2v) is 8.43. The van der Waals surface area contributed by atoms with Crippen LogP contribution < -0.4 is 10.1 Å². The summed E-state index contributed by atoms with van der Waals surface area (Å²) in [4.78, 5) is 34.4. The summed E-state index contributed by atoms with van der Waals surface area (Å²) < 4.78 is 5.19. The molecule has 164 valence electrons. The van der Waals surface area contributed by atoms with E-state index in [0.29, 0.717) is 19.5 Å². The summed E-state index contributed by atoms with van der Waals surface area (Å²) in [6.07, 6.45) is 2.27. The minimum Gasteiger partial charge on any atom is -0.497 e. The second-order valence-electron chi connectivity index (χ2n) is 8.43. The number of nitrogens with one attached hydrogen (secondary N) is 1. The van der Waals surface area contributed by atoms with Crippen molar-refractivity contribution < 1.29 is 14.3 Å². The number of piperazine rings is 2. The molecule has 0 unspecified atom stereocenters. The lowest BCUT2D eigenvalue weighted by atomic mass is 9.98. The minimum absolute atomic E-state index is 0.00171. The Morgan fingerprint density at radius 2 is 1.88 bits per heavy atom. The van der Waals surface area contributed by atoms with Crippen molar-refractivity contribution in [2.45, 2.75) is 25.0 Å². The van der Waals surface area contributed by atoms with Gasteiger partial charge in [-0.2, -0.15) is 0 Å². The summed E-state index contributed by atoms with van der Waals surface area (Å²) in [5.74, 6) is 0.698. The van der Waals surface area contributed by atoms with Gasteiger partial charge < -0.3 is 15.0 Å². The Hall–Kier alpha value is -3.45. The number of nitrogens with zero attached hydrogens (tertiary/aromatic N) is 3. The van der Waals surface area contributed by atoms with Crippen LogP contribution in [0.1, 0.15) is 11.1 Å². The maximum Gasteiger partial charge on any atom is 0.246 e. The monoisotopic (exact) mass is 430 g/mol. The molecule has 3 heterocycles. The van der Waals surface area contributed by atoms with E-state index < -0.39 is 12.1 Å². The molecule has 0 radical (unpaired) electrons. The number of fused-ring (bicyclic) bond motifs is 2. The summed E-state index contributed by atoms with van der Waals surface area (Å²) in [7, 11) is 1.62. The summed E-state index contributed by atoms with van der Waals surface area (Å²) >= 11 is 0. The molecule has 1 aromatic heterocycles. The van der Waals surface area contributed by atoms with Crippen LogP contribution in [0.3, 0.4) is 0 Å². The predicted molar refractivity (Wildman–Crippen MR) is 121 cm³/mol. The highest BCUT2D eigenvalue weighted by molar-refractivity contribution is 5.97. The van der Waals surface area contributed by atoms with E-state index in [2.05, 4.69) is 33.4 Å². The Kier molecular flexibility index (Phi) is 5.49. The van der Waals surface area contributed by atoms with Crippen LogP contribution in [-0.2, 0) is 22.6 Å². The van der Waals surface area contributed by atoms with Gasteiger partial charge in [0.25, 0.3) is 0 Å². The lowest BCUT2D eigenvalue weighted by Gasteiger charge is -2.45. The first kappa shape index (κ1) is 20.5. The number of aromatic nitrogens is 1. The fraction of sp³-hybridized carbons (Fsp3) is 0.320. The van der Waals surface area contributed by atoms with E-state index in [1.54, 1.807) is 18.2 Å². The number of hydrogen-bond acceptors (Lipinski definition) is 5. The van der Waals surface area contributed by atoms with Gasteiger partial charge in [-0.1, -0.05) is 24.3 Å². The van der Waals surface area contributed by atoms with Crippen LogP contribution in [0.4, 0.5) is 0 Å². The third-order valence-electron chi connectivity index (χ3n) is 6.34. The number of amides is 2. The smallest absolute Gasteiger partial charge is 0.246 e. The number of rotatable bonds is 5. The normalized spacial score (nSPS) is 21.3. The van der Waals surface area contributed by atoms with Gasteiger partial charge in [-0.25, -0.2) is 0 Å². The zero-order chi connectivity index (χ0) is 22.1. The molecule has 3 aromatic rings. The maximum absolute atomic E-state index is 13.1. The van der Waals surface area contributed by atoms with E-state index in [-0.39, 0.29) is 11.8 Å². The van der Waals surface area contributed by atoms with Gasteiger partial charge in [-0.3, -0.25) is 19.5 Å². The predicted octanol–water partition coefficient (Wildman–Crippen LogP) is 2.00. The number of methoxy groups -OCH3 is 1. The number of hydrogen-bond donors (Lipinski definition) is 1. The Morgan fingerprint density at radius 3 is 2.69 bits per heavy atom. The van der Waals surface area contributed by atoms with Gasteiger partial charge in [0, 0.05) is 44.2 Å². The standard InChI is InChI=1S/C25H26N4O3/c1-32-20-7-4-17(5-8-20)14-22-25(31)29-12-11-28(16-23(29)24(30)27-22)15-18-6-9-21-19(13-18)3-2-10-26-21/h2-10,13,22-23H,11-12,14-16H2,1H3,(H,27,30)/t22-,23+/m0/s1. The summed E-state index contributed by atoms with van der Waals surface area (Å²) in [6, 6.07) is 16.9. The fourth-order valence-corrected chi connectivity index (χ4v) is 4.62. The third-order valence-corrected chi connectivity index (χ3v) is 6.34. The van der Waals surface area contributed by atoms with E-state index in [0.717, 1.165) is 35.3 Å². The molecule has 5 rings (SSSR count). The molecular weight excluding hydrogens is 404 g/mol. The van der Waals surface area contributed by atoms with Crippen molar-refractivity contribution in [2.24, 2.45) is 0 Å². The molecule has 2 saturated heterocycles. The summed E-state index contributed by atoms with van der Waals surface area (Å²) in [5.41, 5.74) is 3.15. The van der Waals surface area contributed by atoms with Crippen LogP contribution in [0.5, 0.6) is 5.75 Å². The first-order valence-electron chi connectivity index (χ1n) is 10.9. The van der Waals surface area contributed by atoms with Crippen LogP contribution in [0, 0.1) is 0 Å². The SMILES string of the molecule is COc1ccc(C[C@@H]2NC(=O)[C@H]3CN(Cc4ccc5ncccc5c4)CCN3C2=O)cc1. The Labute approximate surface area is 187 Å². The van der Waals surface area contributed by atoms with Crippen LogP contribution in [0.2, 0.25) is 0 Å². The highest BCUT2D eigenvalue weighted by atomic mass is 16.5. The molecule has 2 aliphatic rings. The molecule has 0 aliphatic carbocycles. The fourth-order valence-electron chi connectivity index (χ4n) is 4.62. The number of carbonyl (C=O) groups is 2. The molecule has 32 heavy (non-hydrogen) atoms. The van der Waals surface area contributed by atoms with E-state index >= 15 is 0 Å². The van der Waals surface area contributed by atoms with Crippen molar-refractivity contribution in [3.05, 3.63) is 71.9 Å². The van der Waals surface area contributed by atoms with Gasteiger partial charge in [0.2, 0.25) is 11.8 Å². The molecule has 7 heteroatoms. The average molecular weight is 431 g/mol. The molecule has 0 saturated carbocycles. The first-order valence-corrected chi connectivity index (χ1v) is 10.9. The van der Waals surface area contributed by atoms with Gasteiger partial charge in [-0.15, -0.1) is 0 Å². The molecule has 7 nitrogen and oxygen atoms in total.